The lowest BCUT2D eigenvalue weighted by Gasteiger charge is -2.41. The molecule has 1 atom stereocenters. The van der Waals surface area contributed by atoms with Crippen molar-refractivity contribution in [2.75, 3.05) is 46.3 Å². The molecule has 2 aliphatic heterocycles. The second-order valence-corrected chi connectivity index (χ2v) is 6.93. The molecule has 0 saturated carbocycles. The van der Waals surface area contributed by atoms with Gasteiger partial charge in [-0.05, 0) is 32.7 Å². The zero-order chi connectivity index (χ0) is 16.2. The zero-order valence-electron chi connectivity index (χ0n) is 14.2. The molecule has 6 nitrogen and oxygen atoms in total. The van der Waals surface area contributed by atoms with Crippen LogP contribution in [0.1, 0.15) is 30.3 Å². The van der Waals surface area contributed by atoms with E-state index in [1.165, 1.54) is 6.54 Å². The topological polar surface area (TPSA) is 52.6 Å². The highest BCUT2D eigenvalue weighted by molar-refractivity contribution is 5.91. The third-order valence-corrected chi connectivity index (χ3v) is 5.14. The summed E-state index contributed by atoms with van der Waals surface area (Å²) in [5.41, 5.74) is 0.457. The van der Waals surface area contributed by atoms with E-state index in [0.29, 0.717) is 17.7 Å². The summed E-state index contributed by atoms with van der Waals surface area (Å²) in [4.78, 5) is 27.4. The molecule has 0 aromatic carbocycles. The van der Waals surface area contributed by atoms with E-state index in [2.05, 4.69) is 33.7 Å². The van der Waals surface area contributed by atoms with E-state index >= 15 is 0 Å². The highest BCUT2D eigenvalue weighted by Crippen LogP contribution is 2.21. The standard InChI is InChI=1S/C17H27N5O/c1-14-12-20(2)9-10-22(14)13-15-3-7-21(8-4-15)17(23)16-11-18-5-6-19-16/h5-6,11,14-15H,3-4,7-10,12-13H2,1-2H3. The number of carbonyl (C=O) groups is 1. The van der Waals surface area contributed by atoms with Crippen molar-refractivity contribution in [3.8, 4) is 0 Å². The fraction of sp³-hybridized carbons (Fsp3) is 0.706. The van der Waals surface area contributed by atoms with Gasteiger partial charge in [-0.3, -0.25) is 14.7 Å². The maximum absolute atomic E-state index is 12.4. The van der Waals surface area contributed by atoms with E-state index in [9.17, 15) is 4.79 Å². The van der Waals surface area contributed by atoms with Crippen LogP contribution in [0.2, 0.25) is 0 Å². The van der Waals surface area contributed by atoms with Crippen LogP contribution in [0.4, 0.5) is 0 Å². The Balaban J connectivity index is 1.48. The van der Waals surface area contributed by atoms with Crippen molar-refractivity contribution in [1.29, 1.82) is 0 Å². The molecule has 0 spiro atoms. The van der Waals surface area contributed by atoms with E-state index in [-0.39, 0.29) is 5.91 Å². The SMILES string of the molecule is CC1CN(C)CCN1CC1CCN(C(=O)c2cnccn2)CC1. The van der Waals surface area contributed by atoms with Crippen molar-refractivity contribution in [3.63, 3.8) is 0 Å². The number of carbonyl (C=O) groups excluding carboxylic acids is 1. The van der Waals surface area contributed by atoms with Gasteiger partial charge in [0.2, 0.25) is 0 Å². The van der Waals surface area contributed by atoms with E-state index in [4.69, 9.17) is 0 Å². The Morgan fingerprint density at radius 2 is 2.00 bits per heavy atom. The molecular weight excluding hydrogens is 290 g/mol. The van der Waals surface area contributed by atoms with E-state index < -0.39 is 0 Å². The summed E-state index contributed by atoms with van der Waals surface area (Å²) in [7, 11) is 2.20. The zero-order valence-corrected chi connectivity index (χ0v) is 14.2. The summed E-state index contributed by atoms with van der Waals surface area (Å²) >= 11 is 0. The number of hydrogen-bond donors (Lipinski definition) is 0. The smallest absolute Gasteiger partial charge is 0.274 e. The molecule has 3 heterocycles. The lowest BCUT2D eigenvalue weighted by Crippen LogP contribution is -2.52. The number of piperazine rings is 1. The second kappa shape index (κ2) is 7.36. The predicted octanol–water partition coefficient (Wildman–Crippen LogP) is 0.965. The van der Waals surface area contributed by atoms with Crippen molar-refractivity contribution in [2.45, 2.75) is 25.8 Å². The van der Waals surface area contributed by atoms with E-state index in [0.717, 1.165) is 45.6 Å². The van der Waals surface area contributed by atoms with Crippen molar-refractivity contribution >= 4 is 5.91 Å². The van der Waals surface area contributed by atoms with Crippen molar-refractivity contribution < 1.29 is 4.79 Å². The fourth-order valence-corrected chi connectivity index (χ4v) is 3.67. The van der Waals surface area contributed by atoms with Gasteiger partial charge in [0, 0.05) is 57.7 Å². The van der Waals surface area contributed by atoms with Crippen molar-refractivity contribution in [1.82, 2.24) is 24.7 Å². The first-order chi connectivity index (χ1) is 11.1. The minimum Gasteiger partial charge on any atom is -0.337 e. The molecule has 0 aliphatic carbocycles. The summed E-state index contributed by atoms with van der Waals surface area (Å²) in [5.74, 6) is 0.719. The largest absolute Gasteiger partial charge is 0.337 e. The van der Waals surface area contributed by atoms with Crippen LogP contribution in [0.15, 0.2) is 18.6 Å². The third-order valence-electron chi connectivity index (χ3n) is 5.14. The van der Waals surface area contributed by atoms with Crippen LogP contribution in [0.25, 0.3) is 0 Å². The fourth-order valence-electron chi connectivity index (χ4n) is 3.67. The average Bonchev–Trinajstić information content (AvgIpc) is 2.58. The normalized spacial score (nSPS) is 24.8. The molecule has 2 aliphatic rings. The Morgan fingerprint density at radius 3 is 2.65 bits per heavy atom. The molecule has 3 rings (SSSR count). The van der Waals surface area contributed by atoms with Crippen LogP contribution in [0.3, 0.4) is 0 Å². The number of aromatic nitrogens is 2. The van der Waals surface area contributed by atoms with Crippen LogP contribution in [0, 0.1) is 5.92 Å². The van der Waals surface area contributed by atoms with Crippen molar-refractivity contribution in [2.24, 2.45) is 5.92 Å². The molecule has 1 aromatic rings. The van der Waals surface area contributed by atoms with Gasteiger partial charge in [0.1, 0.15) is 5.69 Å². The van der Waals surface area contributed by atoms with Gasteiger partial charge in [-0.2, -0.15) is 0 Å². The maximum atomic E-state index is 12.4. The maximum Gasteiger partial charge on any atom is 0.274 e. The van der Waals surface area contributed by atoms with Gasteiger partial charge in [-0.1, -0.05) is 0 Å². The molecule has 6 heteroatoms. The molecule has 1 unspecified atom stereocenters. The quantitative estimate of drug-likeness (QED) is 0.831. The number of likely N-dealkylation sites (tertiary alicyclic amines) is 1. The second-order valence-electron chi connectivity index (χ2n) is 6.93. The molecule has 23 heavy (non-hydrogen) atoms. The number of nitrogens with zero attached hydrogens (tertiary/aromatic N) is 5. The minimum absolute atomic E-state index is 0.0181. The van der Waals surface area contributed by atoms with Crippen molar-refractivity contribution in [3.05, 3.63) is 24.3 Å². The highest BCUT2D eigenvalue weighted by atomic mass is 16.2. The lowest BCUT2D eigenvalue weighted by atomic mass is 9.95. The highest BCUT2D eigenvalue weighted by Gasteiger charge is 2.28. The Labute approximate surface area is 138 Å². The van der Waals surface area contributed by atoms with E-state index in [1.54, 1.807) is 18.6 Å². The lowest BCUT2D eigenvalue weighted by molar-refractivity contribution is 0.0552. The average molecular weight is 317 g/mol. The van der Waals surface area contributed by atoms with Gasteiger partial charge in [0.25, 0.3) is 5.91 Å². The minimum atomic E-state index is 0.0181. The number of likely N-dealkylation sites (N-methyl/N-ethyl adjacent to an activating group) is 1. The number of hydrogen-bond acceptors (Lipinski definition) is 5. The van der Waals surface area contributed by atoms with Crippen LogP contribution >= 0.6 is 0 Å². The Morgan fingerprint density at radius 1 is 1.22 bits per heavy atom. The Bertz CT molecular complexity index is 515. The first kappa shape index (κ1) is 16.3. The van der Waals surface area contributed by atoms with E-state index in [1.807, 2.05) is 4.90 Å². The Hall–Kier alpha value is -1.53. The predicted molar refractivity (Wildman–Crippen MR) is 89.2 cm³/mol. The first-order valence-electron chi connectivity index (χ1n) is 8.61. The molecule has 0 bridgehead atoms. The number of piperidine rings is 1. The number of rotatable bonds is 3. The summed E-state index contributed by atoms with van der Waals surface area (Å²) in [6.07, 6.45) is 6.91. The van der Waals surface area contributed by atoms with Gasteiger partial charge < -0.3 is 9.80 Å². The molecular formula is C17H27N5O. The Kier molecular flexibility index (Phi) is 5.23. The third kappa shape index (κ3) is 4.06. The van der Waals surface area contributed by atoms with Crippen LogP contribution < -0.4 is 0 Å². The van der Waals surface area contributed by atoms with Gasteiger partial charge in [-0.15, -0.1) is 0 Å². The van der Waals surface area contributed by atoms with Gasteiger partial charge in [-0.25, -0.2) is 4.98 Å². The molecule has 126 valence electrons. The van der Waals surface area contributed by atoms with Crippen LogP contribution in [-0.2, 0) is 0 Å². The molecule has 1 amide bonds. The molecule has 1 aromatic heterocycles. The molecule has 0 N–H and O–H groups in total. The summed E-state index contributed by atoms with van der Waals surface area (Å²) in [6.45, 7) is 8.64. The summed E-state index contributed by atoms with van der Waals surface area (Å²) in [6, 6.07) is 0.632. The molecule has 0 radical (unpaired) electrons. The van der Waals surface area contributed by atoms with Gasteiger partial charge in [0.15, 0.2) is 0 Å². The first-order valence-corrected chi connectivity index (χ1v) is 8.61. The van der Waals surface area contributed by atoms with Crippen LogP contribution in [-0.4, -0.2) is 82.9 Å². The number of amides is 1. The summed E-state index contributed by atoms with van der Waals surface area (Å²) < 4.78 is 0. The monoisotopic (exact) mass is 317 g/mol. The van der Waals surface area contributed by atoms with Crippen LogP contribution in [0.5, 0.6) is 0 Å². The molecule has 2 fully saturated rings. The van der Waals surface area contributed by atoms with Gasteiger partial charge in [0.05, 0.1) is 6.20 Å². The summed E-state index contributed by atoms with van der Waals surface area (Å²) in [5, 5.41) is 0. The van der Waals surface area contributed by atoms with Gasteiger partial charge >= 0.3 is 0 Å². The molecule has 2 saturated heterocycles.